The molecule has 2 aliphatic heterocycles. The van der Waals surface area contributed by atoms with Gasteiger partial charge in [0, 0.05) is 12.6 Å². The molecule has 4 rings (SSSR count). The Hall–Kier alpha value is -2.53. The summed E-state index contributed by atoms with van der Waals surface area (Å²) in [6.45, 7) is 3.25. The first-order valence-electron chi connectivity index (χ1n) is 9.74. The van der Waals surface area contributed by atoms with Crippen LogP contribution in [0, 0.1) is 0 Å². The summed E-state index contributed by atoms with van der Waals surface area (Å²) in [6, 6.07) is 16.7. The van der Waals surface area contributed by atoms with Crippen molar-refractivity contribution in [3.8, 4) is 11.5 Å². The molecule has 27 heavy (non-hydrogen) atoms. The second-order valence-corrected chi connectivity index (χ2v) is 7.12. The maximum atomic E-state index is 12.4. The summed E-state index contributed by atoms with van der Waals surface area (Å²) >= 11 is 0. The van der Waals surface area contributed by atoms with Gasteiger partial charge in [0.2, 0.25) is 5.91 Å². The van der Waals surface area contributed by atoms with Crippen molar-refractivity contribution in [3.63, 3.8) is 0 Å². The highest BCUT2D eigenvalue weighted by molar-refractivity contribution is 5.78. The van der Waals surface area contributed by atoms with E-state index in [-0.39, 0.29) is 11.9 Å². The number of hydrogen-bond donors (Lipinski definition) is 1. The van der Waals surface area contributed by atoms with E-state index in [9.17, 15) is 4.79 Å². The molecule has 0 spiro atoms. The molecular formula is C22H26N2O3. The Morgan fingerprint density at radius 2 is 1.89 bits per heavy atom. The molecule has 2 aromatic carbocycles. The third-order valence-electron chi connectivity index (χ3n) is 5.24. The summed E-state index contributed by atoms with van der Waals surface area (Å²) < 4.78 is 11.3. The number of amides is 1. The summed E-state index contributed by atoms with van der Waals surface area (Å²) in [4.78, 5) is 14.7. The molecule has 2 aliphatic rings. The van der Waals surface area contributed by atoms with E-state index < -0.39 is 0 Å². The zero-order chi connectivity index (χ0) is 18.5. The van der Waals surface area contributed by atoms with Crippen LogP contribution in [0.5, 0.6) is 11.5 Å². The molecule has 0 radical (unpaired) electrons. The molecule has 0 aromatic heterocycles. The number of hydrogen-bond acceptors (Lipinski definition) is 4. The van der Waals surface area contributed by atoms with E-state index >= 15 is 0 Å². The van der Waals surface area contributed by atoms with Crippen molar-refractivity contribution in [2.45, 2.75) is 25.3 Å². The normalized spacial score (nSPS) is 19.0. The second-order valence-electron chi connectivity index (χ2n) is 7.12. The fraction of sp³-hybridized carbons (Fsp3) is 0.409. The number of nitrogens with zero attached hydrogens (tertiary/aromatic N) is 1. The van der Waals surface area contributed by atoms with Crippen molar-refractivity contribution >= 4 is 5.91 Å². The van der Waals surface area contributed by atoms with E-state index in [1.54, 1.807) is 0 Å². The monoisotopic (exact) mass is 366 g/mol. The zero-order valence-electron chi connectivity index (χ0n) is 15.5. The lowest BCUT2D eigenvalue weighted by Crippen LogP contribution is -2.37. The van der Waals surface area contributed by atoms with Crippen molar-refractivity contribution in [2.24, 2.45) is 0 Å². The van der Waals surface area contributed by atoms with Gasteiger partial charge in [-0.25, -0.2) is 0 Å². The molecule has 5 nitrogen and oxygen atoms in total. The van der Waals surface area contributed by atoms with E-state index in [0.717, 1.165) is 37.3 Å². The van der Waals surface area contributed by atoms with Crippen molar-refractivity contribution < 1.29 is 14.3 Å². The predicted molar refractivity (Wildman–Crippen MR) is 104 cm³/mol. The average Bonchev–Trinajstić information content (AvgIpc) is 3.16. The van der Waals surface area contributed by atoms with Crippen LogP contribution in [0.25, 0.3) is 0 Å². The number of nitrogens with one attached hydrogen (secondary N) is 1. The maximum Gasteiger partial charge on any atom is 0.234 e. The van der Waals surface area contributed by atoms with Gasteiger partial charge in [0.15, 0.2) is 11.5 Å². The minimum atomic E-state index is 0.0929. The Morgan fingerprint density at radius 1 is 1.07 bits per heavy atom. The fourth-order valence-corrected chi connectivity index (χ4v) is 3.89. The lowest BCUT2D eigenvalue weighted by atomic mass is 10.0. The van der Waals surface area contributed by atoms with Gasteiger partial charge in [0.05, 0.1) is 6.54 Å². The van der Waals surface area contributed by atoms with Crippen LogP contribution < -0.4 is 14.8 Å². The SMILES string of the molecule is O=C(CN1CCC[C@@H]1c1ccc2c(c1)OCCO2)NCCc1ccccc1. The van der Waals surface area contributed by atoms with Gasteiger partial charge in [0.25, 0.3) is 0 Å². The Kier molecular flexibility index (Phi) is 5.58. The van der Waals surface area contributed by atoms with Gasteiger partial charge in [0.1, 0.15) is 13.2 Å². The van der Waals surface area contributed by atoms with Crippen molar-refractivity contribution in [1.29, 1.82) is 0 Å². The molecule has 0 aliphatic carbocycles. The lowest BCUT2D eigenvalue weighted by Gasteiger charge is -2.26. The molecule has 0 saturated carbocycles. The van der Waals surface area contributed by atoms with E-state index in [1.165, 1.54) is 11.1 Å². The average molecular weight is 366 g/mol. The third kappa shape index (κ3) is 4.42. The van der Waals surface area contributed by atoms with Crippen molar-refractivity contribution in [2.75, 3.05) is 32.8 Å². The molecule has 1 saturated heterocycles. The van der Waals surface area contributed by atoms with Crippen LogP contribution in [0.2, 0.25) is 0 Å². The van der Waals surface area contributed by atoms with Crippen LogP contribution in [0.4, 0.5) is 0 Å². The molecular weight excluding hydrogens is 340 g/mol. The number of ether oxygens (including phenoxy) is 2. The maximum absolute atomic E-state index is 12.4. The van der Waals surface area contributed by atoms with Crippen LogP contribution in [-0.4, -0.2) is 43.7 Å². The van der Waals surface area contributed by atoms with E-state index in [0.29, 0.717) is 26.3 Å². The minimum Gasteiger partial charge on any atom is -0.486 e. The van der Waals surface area contributed by atoms with Gasteiger partial charge in [-0.1, -0.05) is 36.4 Å². The van der Waals surface area contributed by atoms with Crippen molar-refractivity contribution in [3.05, 3.63) is 59.7 Å². The third-order valence-corrected chi connectivity index (χ3v) is 5.24. The molecule has 0 bridgehead atoms. The molecule has 2 heterocycles. The summed E-state index contributed by atoms with van der Waals surface area (Å²) in [5, 5.41) is 3.05. The first kappa shape index (κ1) is 17.9. The quantitative estimate of drug-likeness (QED) is 0.854. The smallest absolute Gasteiger partial charge is 0.234 e. The molecule has 2 aromatic rings. The molecule has 1 fully saturated rings. The van der Waals surface area contributed by atoms with Crippen LogP contribution in [0.3, 0.4) is 0 Å². The van der Waals surface area contributed by atoms with E-state index in [2.05, 4.69) is 34.5 Å². The number of carbonyl (C=O) groups is 1. The minimum absolute atomic E-state index is 0.0929. The molecule has 5 heteroatoms. The molecule has 1 atom stereocenters. The first-order valence-corrected chi connectivity index (χ1v) is 9.74. The highest BCUT2D eigenvalue weighted by atomic mass is 16.6. The van der Waals surface area contributed by atoms with Gasteiger partial charge < -0.3 is 14.8 Å². The number of benzene rings is 2. The number of fused-ring (bicyclic) bond motifs is 1. The summed E-state index contributed by atoms with van der Waals surface area (Å²) in [5.74, 6) is 1.72. The zero-order valence-corrected chi connectivity index (χ0v) is 15.5. The standard InChI is InChI=1S/C22H26N2O3/c25-22(23-11-10-17-5-2-1-3-6-17)16-24-12-4-7-19(24)18-8-9-20-21(15-18)27-14-13-26-20/h1-3,5-6,8-9,15,19H,4,7,10-14,16H2,(H,23,25)/t19-/m1/s1. The lowest BCUT2D eigenvalue weighted by molar-refractivity contribution is -0.122. The van der Waals surface area contributed by atoms with Crippen LogP contribution >= 0.6 is 0 Å². The van der Waals surface area contributed by atoms with Gasteiger partial charge >= 0.3 is 0 Å². The molecule has 1 amide bonds. The molecule has 142 valence electrons. The predicted octanol–water partition coefficient (Wildman–Crippen LogP) is 2.95. The summed E-state index contributed by atoms with van der Waals surface area (Å²) in [6.07, 6.45) is 3.03. The Morgan fingerprint density at radius 3 is 2.74 bits per heavy atom. The van der Waals surface area contributed by atoms with Gasteiger partial charge in [-0.15, -0.1) is 0 Å². The Bertz CT molecular complexity index is 778. The molecule has 0 unspecified atom stereocenters. The summed E-state index contributed by atoms with van der Waals surface area (Å²) in [5.41, 5.74) is 2.45. The van der Waals surface area contributed by atoms with Crippen LogP contribution in [0.1, 0.15) is 30.0 Å². The topological polar surface area (TPSA) is 50.8 Å². The van der Waals surface area contributed by atoms with E-state index in [1.807, 2.05) is 24.3 Å². The largest absolute Gasteiger partial charge is 0.486 e. The second kappa shape index (κ2) is 8.44. The highest BCUT2D eigenvalue weighted by Crippen LogP contribution is 2.37. The van der Waals surface area contributed by atoms with Crippen LogP contribution in [0.15, 0.2) is 48.5 Å². The van der Waals surface area contributed by atoms with E-state index in [4.69, 9.17) is 9.47 Å². The van der Waals surface area contributed by atoms with Crippen molar-refractivity contribution in [1.82, 2.24) is 10.2 Å². The van der Waals surface area contributed by atoms with Gasteiger partial charge in [-0.05, 0) is 49.1 Å². The highest BCUT2D eigenvalue weighted by Gasteiger charge is 2.28. The number of rotatable bonds is 6. The Labute approximate surface area is 160 Å². The van der Waals surface area contributed by atoms with Crippen LogP contribution in [-0.2, 0) is 11.2 Å². The first-order chi connectivity index (χ1) is 13.3. The number of likely N-dealkylation sites (tertiary alicyclic amines) is 1. The van der Waals surface area contributed by atoms with Gasteiger partial charge in [-0.2, -0.15) is 0 Å². The fourth-order valence-electron chi connectivity index (χ4n) is 3.89. The van der Waals surface area contributed by atoms with Gasteiger partial charge in [-0.3, -0.25) is 9.69 Å². The molecule has 1 N–H and O–H groups in total. The number of carbonyl (C=O) groups excluding carboxylic acids is 1. The Balaban J connectivity index is 1.32. The summed E-state index contributed by atoms with van der Waals surface area (Å²) in [7, 11) is 0.